The highest BCUT2D eigenvalue weighted by molar-refractivity contribution is 7.13. The highest BCUT2D eigenvalue weighted by Crippen LogP contribution is 2.26. The standard InChI is InChI=1S/C22H23N3O3S/c1-4-28-18-8-5-15(6-9-18)22-24-17(13-29-22)12-20(26)25-19-10-7-16(11-14(19)2)21(27)23-3/h5-11,13H,4,12H2,1-3H3,(H,23,27)(H,25,26). The Hall–Kier alpha value is -3.19. The largest absolute Gasteiger partial charge is 0.494 e. The molecular weight excluding hydrogens is 386 g/mol. The molecule has 0 saturated heterocycles. The molecule has 0 spiro atoms. The average molecular weight is 410 g/mol. The smallest absolute Gasteiger partial charge is 0.251 e. The molecule has 0 radical (unpaired) electrons. The van der Waals surface area contributed by atoms with Crippen molar-refractivity contribution in [1.82, 2.24) is 10.3 Å². The van der Waals surface area contributed by atoms with Crippen molar-refractivity contribution in [3.63, 3.8) is 0 Å². The molecule has 150 valence electrons. The molecule has 0 bridgehead atoms. The van der Waals surface area contributed by atoms with Crippen LogP contribution in [0.2, 0.25) is 0 Å². The van der Waals surface area contributed by atoms with Crippen molar-refractivity contribution in [3.8, 4) is 16.3 Å². The van der Waals surface area contributed by atoms with E-state index in [1.54, 1.807) is 25.2 Å². The van der Waals surface area contributed by atoms with E-state index >= 15 is 0 Å². The minimum atomic E-state index is -0.157. The molecule has 7 heteroatoms. The minimum Gasteiger partial charge on any atom is -0.494 e. The highest BCUT2D eigenvalue weighted by atomic mass is 32.1. The van der Waals surface area contributed by atoms with E-state index in [2.05, 4.69) is 15.6 Å². The van der Waals surface area contributed by atoms with Crippen LogP contribution in [0.3, 0.4) is 0 Å². The first kappa shape index (κ1) is 20.5. The SMILES string of the molecule is CCOc1ccc(-c2nc(CC(=O)Nc3ccc(C(=O)NC)cc3C)cs2)cc1. The van der Waals surface area contributed by atoms with Gasteiger partial charge in [-0.3, -0.25) is 9.59 Å². The summed E-state index contributed by atoms with van der Waals surface area (Å²) >= 11 is 1.50. The fourth-order valence-corrected chi connectivity index (χ4v) is 3.66. The summed E-state index contributed by atoms with van der Waals surface area (Å²) < 4.78 is 5.46. The normalized spacial score (nSPS) is 10.4. The quantitative estimate of drug-likeness (QED) is 0.617. The molecule has 0 fully saturated rings. The van der Waals surface area contributed by atoms with Gasteiger partial charge in [0.1, 0.15) is 10.8 Å². The van der Waals surface area contributed by atoms with Crippen molar-refractivity contribution in [2.75, 3.05) is 19.0 Å². The van der Waals surface area contributed by atoms with Gasteiger partial charge in [-0.1, -0.05) is 0 Å². The van der Waals surface area contributed by atoms with Crippen molar-refractivity contribution < 1.29 is 14.3 Å². The molecule has 2 N–H and O–H groups in total. The molecule has 2 aromatic carbocycles. The van der Waals surface area contributed by atoms with Crippen LogP contribution in [-0.4, -0.2) is 30.5 Å². The van der Waals surface area contributed by atoms with Crippen LogP contribution in [0.4, 0.5) is 5.69 Å². The molecule has 0 aliphatic carbocycles. The molecule has 1 heterocycles. The molecule has 0 aliphatic heterocycles. The Morgan fingerprint density at radius 2 is 1.90 bits per heavy atom. The van der Waals surface area contributed by atoms with Crippen LogP contribution in [-0.2, 0) is 11.2 Å². The fraction of sp³-hybridized carbons (Fsp3) is 0.227. The lowest BCUT2D eigenvalue weighted by Crippen LogP contribution is -2.19. The lowest BCUT2D eigenvalue weighted by Gasteiger charge is -2.09. The van der Waals surface area contributed by atoms with E-state index in [9.17, 15) is 9.59 Å². The molecular formula is C22H23N3O3S. The van der Waals surface area contributed by atoms with Gasteiger partial charge in [0.15, 0.2) is 0 Å². The average Bonchev–Trinajstić information content (AvgIpc) is 3.18. The molecule has 0 unspecified atom stereocenters. The highest BCUT2D eigenvalue weighted by Gasteiger charge is 2.12. The maximum Gasteiger partial charge on any atom is 0.251 e. The maximum atomic E-state index is 12.4. The Morgan fingerprint density at radius 3 is 2.55 bits per heavy atom. The van der Waals surface area contributed by atoms with E-state index < -0.39 is 0 Å². The van der Waals surface area contributed by atoms with Crippen LogP contribution in [0, 0.1) is 6.92 Å². The van der Waals surface area contributed by atoms with Gasteiger partial charge in [0, 0.05) is 29.2 Å². The van der Waals surface area contributed by atoms with E-state index in [4.69, 9.17) is 4.74 Å². The van der Waals surface area contributed by atoms with Gasteiger partial charge in [-0.25, -0.2) is 4.98 Å². The van der Waals surface area contributed by atoms with Gasteiger partial charge in [0.05, 0.1) is 18.7 Å². The van der Waals surface area contributed by atoms with E-state index in [0.717, 1.165) is 27.6 Å². The van der Waals surface area contributed by atoms with Crippen LogP contribution in [0.15, 0.2) is 47.8 Å². The number of hydrogen-bond acceptors (Lipinski definition) is 5. The number of nitrogens with one attached hydrogen (secondary N) is 2. The van der Waals surface area contributed by atoms with Gasteiger partial charge in [-0.05, 0) is 61.9 Å². The zero-order chi connectivity index (χ0) is 20.8. The molecule has 2 amide bonds. The summed E-state index contributed by atoms with van der Waals surface area (Å²) in [6.07, 6.45) is 0.185. The summed E-state index contributed by atoms with van der Waals surface area (Å²) in [7, 11) is 1.59. The molecule has 6 nitrogen and oxygen atoms in total. The minimum absolute atomic E-state index is 0.149. The van der Waals surface area contributed by atoms with E-state index in [0.29, 0.717) is 17.9 Å². The Kier molecular flexibility index (Phi) is 6.61. The number of anilines is 1. The zero-order valence-electron chi connectivity index (χ0n) is 16.6. The van der Waals surface area contributed by atoms with Crippen LogP contribution in [0.1, 0.15) is 28.5 Å². The number of thiazole rings is 1. The molecule has 29 heavy (non-hydrogen) atoms. The second kappa shape index (κ2) is 9.34. The third-order valence-electron chi connectivity index (χ3n) is 4.30. The van der Waals surface area contributed by atoms with Crippen molar-refractivity contribution in [3.05, 3.63) is 64.7 Å². The Balaban J connectivity index is 1.64. The molecule has 3 aromatic rings. The predicted octanol–water partition coefficient (Wildman–Crippen LogP) is 4.06. The summed E-state index contributed by atoms with van der Waals surface area (Å²) in [5.41, 5.74) is 3.78. The van der Waals surface area contributed by atoms with Crippen molar-refractivity contribution >= 4 is 28.8 Å². The molecule has 0 aliphatic rings. The molecule has 1 aromatic heterocycles. The summed E-state index contributed by atoms with van der Waals surface area (Å²) in [4.78, 5) is 28.7. The van der Waals surface area contributed by atoms with Gasteiger partial charge in [-0.15, -0.1) is 11.3 Å². The number of benzene rings is 2. The molecule has 3 rings (SSSR count). The zero-order valence-corrected chi connectivity index (χ0v) is 17.4. The number of amides is 2. The van der Waals surface area contributed by atoms with Crippen molar-refractivity contribution in [2.24, 2.45) is 0 Å². The molecule has 0 saturated carbocycles. The first-order valence-electron chi connectivity index (χ1n) is 9.30. The van der Waals surface area contributed by atoms with Crippen LogP contribution in [0.5, 0.6) is 5.75 Å². The van der Waals surface area contributed by atoms with Gasteiger partial charge < -0.3 is 15.4 Å². The maximum absolute atomic E-state index is 12.4. The second-order valence-electron chi connectivity index (χ2n) is 6.44. The second-order valence-corrected chi connectivity index (χ2v) is 7.29. The number of rotatable bonds is 7. The van der Waals surface area contributed by atoms with Crippen molar-refractivity contribution in [2.45, 2.75) is 20.3 Å². The number of aromatic nitrogens is 1. The van der Waals surface area contributed by atoms with Crippen LogP contribution < -0.4 is 15.4 Å². The van der Waals surface area contributed by atoms with Gasteiger partial charge in [0.25, 0.3) is 5.91 Å². The lowest BCUT2D eigenvalue weighted by atomic mass is 10.1. The summed E-state index contributed by atoms with van der Waals surface area (Å²) in [5, 5.41) is 8.24. The first-order chi connectivity index (χ1) is 14.0. The number of carbonyl (C=O) groups is 2. The predicted molar refractivity (Wildman–Crippen MR) is 116 cm³/mol. The number of carbonyl (C=O) groups excluding carboxylic acids is 2. The molecule has 0 atom stereocenters. The summed E-state index contributed by atoms with van der Waals surface area (Å²) in [6.45, 7) is 4.43. The van der Waals surface area contributed by atoms with Gasteiger partial charge >= 0.3 is 0 Å². The number of aryl methyl sites for hydroxylation is 1. The summed E-state index contributed by atoms with van der Waals surface area (Å²) in [5.74, 6) is 0.518. The van der Waals surface area contributed by atoms with Crippen LogP contribution >= 0.6 is 11.3 Å². The number of nitrogens with zero attached hydrogens (tertiary/aromatic N) is 1. The van der Waals surface area contributed by atoms with Crippen LogP contribution in [0.25, 0.3) is 10.6 Å². The topological polar surface area (TPSA) is 80.3 Å². The fourth-order valence-electron chi connectivity index (χ4n) is 2.83. The Bertz CT molecular complexity index is 1010. The third-order valence-corrected chi connectivity index (χ3v) is 5.24. The van der Waals surface area contributed by atoms with Crippen molar-refractivity contribution in [1.29, 1.82) is 0 Å². The Labute approximate surface area is 173 Å². The Morgan fingerprint density at radius 1 is 1.14 bits per heavy atom. The van der Waals surface area contributed by atoms with Gasteiger partial charge in [-0.2, -0.15) is 0 Å². The lowest BCUT2D eigenvalue weighted by molar-refractivity contribution is -0.115. The third kappa shape index (κ3) is 5.20. The number of hydrogen-bond donors (Lipinski definition) is 2. The van der Waals surface area contributed by atoms with E-state index in [1.165, 1.54) is 11.3 Å². The first-order valence-corrected chi connectivity index (χ1v) is 10.2. The van der Waals surface area contributed by atoms with E-state index in [-0.39, 0.29) is 18.2 Å². The van der Waals surface area contributed by atoms with Gasteiger partial charge in [0.2, 0.25) is 5.91 Å². The monoisotopic (exact) mass is 409 g/mol. The van der Waals surface area contributed by atoms with E-state index in [1.807, 2.05) is 43.5 Å². The number of ether oxygens (including phenoxy) is 1. The summed E-state index contributed by atoms with van der Waals surface area (Å²) in [6, 6.07) is 12.9.